The molecule has 0 aliphatic carbocycles. The van der Waals surface area contributed by atoms with E-state index in [0.717, 1.165) is 12.1 Å². The summed E-state index contributed by atoms with van der Waals surface area (Å²) in [4.78, 5) is 0. The Balaban J connectivity index is 2.49. The van der Waals surface area contributed by atoms with E-state index >= 15 is 0 Å². The molecule has 106 valence electrons. The molecule has 0 spiro atoms. The van der Waals surface area contributed by atoms with Crippen LogP contribution in [0.1, 0.15) is 35.2 Å². The second-order valence-electron chi connectivity index (χ2n) is 5.02. The van der Waals surface area contributed by atoms with Crippen LogP contribution in [0.3, 0.4) is 0 Å². The fraction of sp³-hybridized carbons (Fsp3) is 0.294. The SMILES string of the molecule is CCNC(c1ccc(Br)c(F)c1)c1cc(C)ccc1C. The average molecular weight is 336 g/mol. The Kier molecular flexibility index (Phi) is 4.95. The van der Waals surface area contributed by atoms with Crippen molar-refractivity contribution in [3.05, 3.63) is 68.9 Å². The summed E-state index contributed by atoms with van der Waals surface area (Å²) in [6.45, 7) is 7.06. The van der Waals surface area contributed by atoms with Gasteiger partial charge in [-0.2, -0.15) is 0 Å². The Labute approximate surface area is 128 Å². The average Bonchev–Trinajstić information content (AvgIpc) is 2.42. The van der Waals surface area contributed by atoms with Crippen LogP contribution in [-0.4, -0.2) is 6.54 Å². The number of benzene rings is 2. The summed E-state index contributed by atoms with van der Waals surface area (Å²) in [5.74, 6) is -0.226. The normalized spacial score (nSPS) is 12.4. The minimum Gasteiger partial charge on any atom is -0.307 e. The zero-order valence-corrected chi connectivity index (χ0v) is 13.6. The molecule has 0 radical (unpaired) electrons. The van der Waals surface area contributed by atoms with Crippen molar-refractivity contribution in [2.75, 3.05) is 6.54 Å². The molecule has 0 saturated carbocycles. The summed E-state index contributed by atoms with van der Waals surface area (Å²) in [7, 11) is 0. The number of hydrogen-bond acceptors (Lipinski definition) is 1. The largest absolute Gasteiger partial charge is 0.307 e. The molecule has 0 amide bonds. The Morgan fingerprint density at radius 2 is 1.90 bits per heavy atom. The number of rotatable bonds is 4. The Morgan fingerprint density at radius 3 is 2.55 bits per heavy atom. The van der Waals surface area contributed by atoms with Gasteiger partial charge in [0.1, 0.15) is 5.82 Å². The summed E-state index contributed by atoms with van der Waals surface area (Å²) in [6, 6.07) is 11.7. The van der Waals surface area contributed by atoms with Crippen molar-refractivity contribution in [3.8, 4) is 0 Å². The fourth-order valence-electron chi connectivity index (χ4n) is 2.37. The van der Waals surface area contributed by atoms with E-state index in [1.54, 1.807) is 12.1 Å². The van der Waals surface area contributed by atoms with Gasteiger partial charge in [-0.3, -0.25) is 0 Å². The molecule has 0 fully saturated rings. The van der Waals surface area contributed by atoms with Gasteiger partial charge in [-0.1, -0.05) is 36.8 Å². The fourth-order valence-corrected chi connectivity index (χ4v) is 2.62. The molecule has 2 rings (SSSR count). The molecule has 0 aliphatic rings. The van der Waals surface area contributed by atoms with Crippen LogP contribution in [0, 0.1) is 19.7 Å². The smallest absolute Gasteiger partial charge is 0.137 e. The highest BCUT2D eigenvalue weighted by Crippen LogP contribution is 2.28. The van der Waals surface area contributed by atoms with Crippen LogP contribution in [-0.2, 0) is 0 Å². The first-order valence-electron chi connectivity index (χ1n) is 6.78. The predicted molar refractivity (Wildman–Crippen MR) is 85.5 cm³/mol. The highest BCUT2D eigenvalue weighted by molar-refractivity contribution is 9.10. The number of halogens is 2. The molecule has 3 heteroatoms. The third kappa shape index (κ3) is 3.28. The van der Waals surface area contributed by atoms with Gasteiger partial charge in [0.25, 0.3) is 0 Å². The van der Waals surface area contributed by atoms with Crippen molar-refractivity contribution in [2.24, 2.45) is 0 Å². The van der Waals surface area contributed by atoms with Crippen molar-refractivity contribution < 1.29 is 4.39 Å². The van der Waals surface area contributed by atoms with Crippen molar-refractivity contribution in [2.45, 2.75) is 26.8 Å². The topological polar surface area (TPSA) is 12.0 Å². The molecule has 2 aromatic rings. The first kappa shape index (κ1) is 15.2. The van der Waals surface area contributed by atoms with Gasteiger partial charge in [0.05, 0.1) is 10.5 Å². The second-order valence-corrected chi connectivity index (χ2v) is 5.88. The van der Waals surface area contributed by atoms with Crippen LogP contribution in [0.2, 0.25) is 0 Å². The maximum Gasteiger partial charge on any atom is 0.137 e. The zero-order valence-electron chi connectivity index (χ0n) is 12.0. The number of nitrogens with one attached hydrogen (secondary N) is 1. The van der Waals surface area contributed by atoms with Crippen LogP contribution >= 0.6 is 15.9 Å². The molecule has 1 unspecified atom stereocenters. The highest BCUT2D eigenvalue weighted by Gasteiger charge is 2.16. The number of aryl methyl sites for hydroxylation is 2. The van der Waals surface area contributed by atoms with Crippen LogP contribution in [0.5, 0.6) is 0 Å². The lowest BCUT2D eigenvalue weighted by molar-refractivity contribution is 0.597. The van der Waals surface area contributed by atoms with Gasteiger partial charge in [0, 0.05) is 0 Å². The molecule has 1 nitrogen and oxygen atoms in total. The van der Waals surface area contributed by atoms with Gasteiger partial charge in [-0.15, -0.1) is 0 Å². The van der Waals surface area contributed by atoms with E-state index in [1.807, 2.05) is 6.07 Å². The van der Waals surface area contributed by atoms with E-state index in [9.17, 15) is 4.39 Å². The summed E-state index contributed by atoms with van der Waals surface area (Å²) >= 11 is 3.20. The molecule has 1 atom stereocenters. The summed E-state index contributed by atoms with van der Waals surface area (Å²) < 4.78 is 14.3. The lowest BCUT2D eigenvalue weighted by atomic mass is 9.93. The standard InChI is InChI=1S/C17H19BrFN/c1-4-20-17(13-7-8-15(18)16(19)10-13)14-9-11(2)5-6-12(14)3/h5-10,17,20H,4H2,1-3H3. The minimum atomic E-state index is -0.226. The van der Waals surface area contributed by atoms with Gasteiger partial charge >= 0.3 is 0 Å². The maximum atomic E-state index is 13.8. The van der Waals surface area contributed by atoms with E-state index in [1.165, 1.54) is 16.7 Å². The zero-order chi connectivity index (χ0) is 14.7. The summed E-state index contributed by atoms with van der Waals surface area (Å²) in [6.07, 6.45) is 0. The molecular formula is C17H19BrFN. The number of hydrogen-bond donors (Lipinski definition) is 1. The van der Waals surface area contributed by atoms with Gasteiger partial charge in [0.2, 0.25) is 0 Å². The van der Waals surface area contributed by atoms with Gasteiger partial charge in [0.15, 0.2) is 0 Å². The molecule has 0 saturated heterocycles. The van der Waals surface area contributed by atoms with Gasteiger partial charge < -0.3 is 5.32 Å². The van der Waals surface area contributed by atoms with E-state index in [0.29, 0.717) is 4.47 Å². The van der Waals surface area contributed by atoms with Crippen molar-refractivity contribution in [3.63, 3.8) is 0 Å². The van der Waals surface area contributed by atoms with E-state index in [2.05, 4.69) is 60.2 Å². The molecule has 0 heterocycles. The monoisotopic (exact) mass is 335 g/mol. The van der Waals surface area contributed by atoms with E-state index in [4.69, 9.17) is 0 Å². The van der Waals surface area contributed by atoms with Crippen LogP contribution in [0.25, 0.3) is 0 Å². The first-order chi connectivity index (χ1) is 9.52. The highest BCUT2D eigenvalue weighted by atomic mass is 79.9. The molecular weight excluding hydrogens is 317 g/mol. The van der Waals surface area contributed by atoms with Crippen LogP contribution in [0.4, 0.5) is 4.39 Å². The van der Waals surface area contributed by atoms with Crippen LogP contribution in [0.15, 0.2) is 40.9 Å². The van der Waals surface area contributed by atoms with E-state index in [-0.39, 0.29) is 11.9 Å². The van der Waals surface area contributed by atoms with Gasteiger partial charge in [-0.25, -0.2) is 4.39 Å². The van der Waals surface area contributed by atoms with Crippen molar-refractivity contribution >= 4 is 15.9 Å². The maximum absolute atomic E-state index is 13.8. The van der Waals surface area contributed by atoms with Gasteiger partial charge in [-0.05, 0) is 65.1 Å². The van der Waals surface area contributed by atoms with Crippen molar-refractivity contribution in [1.29, 1.82) is 0 Å². The Bertz CT molecular complexity index is 610. The molecule has 0 aliphatic heterocycles. The lowest BCUT2D eigenvalue weighted by Gasteiger charge is -2.22. The minimum absolute atomic E-state index is 0.0162. The Hall–Kier alpha value is -1.19. The Morgan fingerprint density at radius 1 is 1.15 bits per heavy atom. The third-order valence-electron chi connectivity index (χ3n) is 3.43. The summed E-state index contributed by atoms with van der Waals surface area (Å²) in [5, 5.41) is 3.45. The molecule has 0 aromatic heterocycles. The summed E-state index contributed by atoms with van der Waals surface area (Å²) in [5.41, 5.74) is 4.57. The molecule has 0 bridgehead atoms. The lowest BCUT2D eigenvalue weighted by Crippen LogP contribution is -2.23. The van der Waals surface area contributed by atoms with E-state index < -0.39 is 0 Å². The second kappa shape index (κ2) is 6.51. The van der Waals surface area contributed by atoms with Crippen LogP contribution < -0.4 is 5.32 Å². The molecule has 1 N–H and O–H groups in total. The van der Waals surface area contributed by atoms with Crippen molar-refractivity contribution in [1.82, 2.24) is 5.32 Å². The molecule has 20 heavy (non-hydrogen) atoms. The first-order valence-corrected chi connectivity index (χ1v) is 7.57. The third-order valence-corrected chi connectivity index (χ3v) is 4.07. The quantitative estimate of drug-likeness (QED) is 0.837. The molecule has 2 aromatic carbocycles. The predicted octanol–water partition coefficient (Wildman–Crippen LogP) is 4.90.